The van der Waals surface area contributed by atoms with Crippen LogP contribution in [0.3, 0.4) is 0 Å². The van der Waals surface area contributed by atoms with Crippen molar-refractivity contribution in [3.63, 3.8) is 0 Å². The average Bonchev–Trinajstić information content (AvgIpc) is 3.70. The third-order valence-electron chi connectivity index (χ3n) is 10.3. The first-order chi connectivity index (χ1) is 23.6. The molecule has 1 fully saturated rings. The lowest BCUT2D eigenvalue weighted by Gasteiger charge is -2.36. The minimum atomic E-state index is -0.800. The predicted octanol–water partition coefficient (Wildman–Crippen LogP) is 11.1. The van der Waals surface area contributed by atoms with Crippen molar-refractivity contribution in [3.05, 3.63) is 75.3 Å². The van der Waals surface area contributed by atoms with Gasteiger partial charge >= 0.3 is 0 Å². The molecule has 2 heterocycles. The fourth-order valence-electron chi connectivity index (χ4n) is 6.79. The summed E-state index contributed by atoms with van der Waals surface area (Å²) in [5.41, 5.74) is 1.45. The first-order valence-electron chi connectivity index (χ1n) is 18.0. The second-order valence-corrected chi connectivity index (χ2v) is 15.6. The molecule has 3 atom stereocenters. The Morgan fingerprint density at radius 3 is 2.38 bits per heavy atom. The predicted molar refractivity (Wildman–Crippen MR) is 207 cm³/mol. The fraction of sp³-hybridized carbons (Fsp3) is 0.561. The summed E-state index contributed by atoms with van der Waals surface area (Å²) >= 11 is 1.18. The highest BCUT2D eigenvalue weighted by Crippen LogP contribution is 2.44. The molecule has 1 saturated heterocycles. The first-order valence-corrected chi connectivity index (χ1v) is 18.8. The monoisotopic (exact) mass is 708 g/mol. The molecule has 1 N–H and O–H groups in total. The number of methoxy groups -OCH3 is 1. The maximum Gasteiger partial charge on any atom is 0.206 e. The van der Waals surface area contributed by atoms with Crippen molar-refractivity contribution in [1.29, 1.82) is 5.26 Å². The third kappa shape index (κ3) is 9.24. The Morgan fingerprint density at radius 1 is 1.20 bits per heavy atom. The number of aliphatic hydroxyl groups excluding tert-OH is 1. The van der Waals surface area contributed by atoms with E-state index in [1.54, 1.807) is 0 Å². The van der Waals surface area contributed by atoms with E-state index >= 15 is 4.39 Å². The van der Waals surface area contributed by atoms with Crippen LogP contribution in [0.15, 0.2) is 58.5 Å². The van der Waals surface area contributed by atoms with Crippen LogP contribution in [0.25, 0.3) is 15.7 Å². The lowest BCUT2D eigenvalue weighted by molar-refractivity contribution is 0.212. The molecule has 0 bridgehead atoms. The quantitative estimate of drug-likeness (QED) is 0.222. The van der Waals surface area contributed by atoms with E-state index in [0.717, 1.165) is 30.9 Å². The Kier molecular flexibility index (Phi) is 14.9. The maximum absolute atomic E-state index is 16.7. The second kappa shape index (κ2) is 18.1. The van der Waals surface area contributed by atoms with E-state index in [1.165, 1.54) is 62.6 Å². The highest BCUT2D eigenvalue weighted by molar-refractivity contribution is 7.19. The summed E-state index contributed by atoms with van der Waals surface area (Å²) in [6.45, 7) is 23.2. The van der Waals surface area contributed by atoms with Crippen LogP contribution >= 0.6 is 11.3 Å². The van der Waals surface area contributed by atoms with Crippen LogP contribution in [-0.4, -0.2) is 61.0 Å². The highest BCUT2D eigenvalue weighted by atomic mass is 32.1. The fourth-order valence-corrected chi connectivity index (χ4v) is 7.97. The molecule has 2 aliphatic rings. The number of aliphatic imine (C=N–C) groups is 1. The lowest BCUT2D eigenvalue weighted by atomic mass is 9.87. The number of aliphatic hydroxyl groups is 1. The molecule has 3 unspecified atom stereocenters. The Labute approximate surface area is 303 Å². The zero-order valence-electron chi connectivity index (χ0n) is 32.1. The highest BCUT2D eigenvalue weighted by Gasteiger charge is 2.32. The molecule has 0 spiro atoms. The van der Waals surface area contributed by atoms with Gasteiger partial charge in [-0.3, -0.25) is 0 Å². The van der Waals surface area contributed by atoms with Crippen LogP contribution in [0.1, 0.15) is 109 Å². The second-order valence-electron chi connectivity index (χ2n) is 14.5. The van der Waals surface area contributed by atoms with Crippen LogP contribution in [0, 0.1) is 34.9 Å². The molecular formula is C41H58F2N4O2S. The molecule has 4 rings (SSSR count). The smallest absolute Gasteiger partial charge is 0.206 e. The Hall–Kier alpha value is -3.48. The van der Waals surface area contributed by atoms with Gasteiger partial charge in [-0.1, -0.05) is 67.4 Å². The minimum absolute atomic E-state index is 0.000910. The summed E-state index contributed by atoms with van der Waals surface area (Å²) in [6.07, 6.45) is 7.42. The first kappa shape index (κ1) is 40.9. The van der Waals surface area contributed by atoms with Crippen LogP contribution < -0.4 is 0 Å². The largest absolute Gasteiger partial charge is 0.507 e. The Balaban J connectivity index is 0.000000740. The van der Waals surface area contributed by atoms with Gasteiger partial charge in [-0.2, -0.15) is 5.26 Å². The standard InChI is InChI=1S/C34H43F2N3O2S.C7H15N/c1-11-20(6)12-15-27(18(2)3)39(9)21(7)24-16-28(40)30(31(36)32(24)38-22(8)41-10)23-13-14-26(35)34-29(23)25(17-37)33(42-34)19(4)5;1-3-7-4-5-8(2)6-7/h13-14,16,18-20,27,40H,8,11-12,15H2,1-7,9-10H3;7H,3-6H2,1-2H3/b24-21+,38-32+;. The summed E-state index contributed by atoms with van der Waals surface area (Å²) in [4.78, 5) is 9.63. The zero-order valence-corrected chi connectivity index (χ0v) is 32.9. The molecule has 1 aliphatic carbocycles. The number of halogens is 2. The lowest BCUT2D eigenvalue weighted by Crippen LogP contribution is -2.36. The van der Waals surface area contributed by atoms with E-state index < -0.39 is 11.6 Å². The number of rotatable bonds is 12. The van der Waals surface area contributed by atoms with Gasteiger partial charge in [0.05, 0.1) is 22.9 Å². The van der Waals surface area contributed by atoms with E-state index in [0.29, 0.717) is 22.3 Å². The van der Waals surface area contributed by atoms with Crippen LogP contribution in [0.2, 0.25) is 0 Å². The Morgan fingerprint density at radius 2 is 1.88 bits per heavy atom. The van der Waals surface area contributed by atoms with Crippen molar-refractivity contribution < 1.29 is 18.6 Å². The molecule has 2 aromatic rings. The van der Waals surface area contributed by atoms with E-state index in [2.05, 4.69) is 69.1 Å². The molecular weight excluding hydrogens is 651 g/mol. The van der Waals surface area contributed by atoms with Crippen molar-refractivity contribution in [2.75, 3.05) is 34.3 Å². The number of likely N-dealkylation sites (tertiary alicyclic amines) is 1. The van der Waals surface area contributed by atoms with Gasteiger partial charge in [0.2, 0.25) is 5.88 Å². The molecule has 0 radical (unpaired) electrons. The molecule has 1 aliphatic heterocycles. The van der Waals surface area contributed by atoms with Crippen LogP contribution in [-0.2, 0) is 4.74 Å². The number of nitriles is 1. The van der Waals surface area contributed by atoms with Gasteiger partial charge in [0.15, 0.2) is 5.83 Å². The van der Waals surface area contributed by atoms with Crippen molar-refractivity contribution >= 4 is 32.7 Å². The normalized spacial score (nSPS) is 19.8. The summed E-state index contributed by atoms with van der Waals surface area (Å²) in [5, 5.41) is 21.7. The van der Waals surface area contributed by atoms with Gasteiger partial charge in [0.25, 0.3) is 0 Å². The molecule has 274 valence electrons. The van der Waals surface area contributed by atoms with Gasteiger partial charge in [-0.25, -0.2) is 13.8 Å². The molecule has 1 aromatic heterocycles. The van der Waals surface area contributed by atoms with Gasteiger partial charge in [0, 0.05) is 41.2 Å². The topological polar surface area (TPSA) is 72.1 Å². The molecule has 0 amide bonds. The van der Waals surface area contributed by atoms with Crippen LogP contribution in [0.4, 0.5) is 8.78 Å². The molecule has 1 aromatic carbocycles. The van der Waals surface area contributed by atoms with Crippen molar-refractivity contribution in [2.45, 2.75) is 99.5 Å². The number of fused-ring (bicyclic) bond motifs is 1. The van der Waals surface area contributed by atoms with E-state index in [-0.39, 0.29) is 56.1 Å². The summed E-state index contributed by atoms with van der Waals surface area (Å²) in [5.74, 6) is 0.251. The van der Waals surface area contributed by atoms with Crippen molar-refractivity contribution in [3.8, 4) is 6.07 Å². The summed E-state index contributed by atoms with van der Waals surface area (Å²) in [6, 6.07) is 5.03. The number of hydrogen-bond donors (Lipinski definition) is 1. The van der Waals surface area contributed by atoms with Crippen LogP contribution in [0.5, 0.6) is 0 Å². The number of ether oxygens (including phenoxy) is 1. The van der Waals surface area contributed by atoms with E-state index in [1.807, 2.05) is 27.8 Å². The minimum Gasteiger partial charge on any atom is -0.507 e. The maximum atomic E-state index is 16.7. The van der Waals surface area contributed by atoms with Crippen molar-refractivity contribution in [1.82, 2.24) is 9.80 Å². The molecule has 0 saturated carbocycles. The number of hydrogen-bond acceptors (Lipinski definition) is 7. The number of benzene rings is 1. The average molecular weight is 709 g/mol. The van der Waals surface area contributed by atoms with Crippen molar-refractivity contribution in [2.24, 2.45) is 22.7 Å². The summed E-state index contributed by atoms with van der Waals surface area (Å²) < 4.78 is 37.2. The molecule has 9 heteroatoms. The molecule has 50 heavy (non-hydrogen) atoms. The number of thiophene rings is 1. The van der Waals surface area contributed by atoms with Gasteiger partial charge in [0.1, 0.15) is 23.4 Å². The van der Waals surface area contributed by atoms with Gasteiger partial charge < -0.3 is 19.6 Å². The Bertz CT molecular complexity index is 1690. The van der Waals surface area contributed by atoms with Gasteiger partial charge in [-0.05, 0) is 87.7 Å². The van der Waals surface area contributed by atoms with Gasteiger partial charge in [-0.15, -0.1) is 11.3 Å². The molecule has 6 nitrogen and oxygen atoms in total. The summed E-state index contributed by atoms with van der Waals surface area (Å²) in [7, 11) is 5.59. The number of nitrogens with zero attached hydrogens (tertiary/aromatic N) is 4. The van der Waals surface area contributed by atoms with E-state index in [9.17, 15) is 14.8 Å². The number of allylic oxidation sites excluding steroid dienone is 5. The third-order valence-corrected chi connectivity index (χ3v) is 11.8. The SMILES string of the molecule is C=C(/N=C1/C(F)=C(c2ccc(F)c3sc(C(C)C)c(C#N)c23)C(O)=C/C1=C(/C)N(C)C(CCC(C)CC)C(C)C)OC.CCC1CCN(C)C1. The zero-order chi connectivity index (χ0) is 37.4. The van der Waals surface area contributed by atoms with E-state index in [4.69, 9.17) is 4.74 Å².